The molecule has 1 amide bonds. The van der Waals surface area contributed by atoms with Crippen molar-refractivity contribution in [1.29, 1.82) is 0 Å². The van der Waals surface area contributed by atoms with Gasteiger partial charge in [-0.05, 0) is 18.8 Å². The van der Waals surface area contributed by atoms with E-state index in [1.807, 2.05) is 13.8 Å². The van der Waals surface area contributed by atoms with Crippen LogP contribution >= 0.6 is 0 Å². The minimum absolute atomic E-state index is 0.0602. The van der Waals surface area contributed by atoms with E-state index < -0.39 is 17.4 Å². The standard InChI is InChI=1S/C10H18N2O3/c1-6(2)7(11)8(13)12-5-10(3-4-10)9(14)15/h6-7H,3-5,11H2,1-2H3,(H,12,13)(H,14,15)/t7-/m0/s1. The third-order valence-electron chi connectivity index (χ3n) is 2.93. The van der Waals surface area contributed by atoms with Gasteiger partial charge in [-0.15, -0.1) is 0 Å². The Kier molecular flexibility index (Phi) is 3.34. The van der Waals surface area contributed by atoms with Gasteiger partial charge in [-0.25, -0.2) is 0 Å². The average molecular weight is 214 g/mol. The van der Waals surface area contributed by atoms with E-state index >= 15 is 0 Å². The molecule has 86 valence electrons. The van der Waals surface area contributed by atoms with Gasteiger partial charge in [0.05, 0.1) is 11.5 Å². The molecule has 0 spiro atoms. The zero-order valence-corrected chi connectivity index (χ0v) is 9.12. The number of rotatable bonds is 5. The molecular formula is C10H18N2O3. The van der Waals surface area contributed by atoms with Crippen molar-refractivity contribution in [1.82, 2.24) is 5.32 Å². The first-order chi connectivity index (χ1) is 6.89. The van der Waals surface area contributed by atoms with Crippen molar-refractivity contribution in [2.24, 2.45) is 17.1 Å². The molecular weight excluding hydrogens is 196 g/mol. The smallest absolute Gasteiger partial charge is 0.311 e. The van der Waals surface area contributed by atoms with E-state index in [4.69, 9.17) is 10.8 Å². The van der Waals surface area contributed by atoms with Gasteiger partial charge in [-0.1, -0.05) is 13.8 Å². The van der Waals surface area contributed by atoms with E-state index in [9.17, 15) is 9.59 Å². The van der Waals surface area contributed by atoms with E-state index in [1.165, 1.54) is 0 Å². The summed E-state index contributed by atoms with van der Waals surface area (Å²) in [6, 6.07) is -0.561. The summed E-state index contributed by atoms with van der Waals surface area (Å²) >= 11 is 0. The fourth-order valence-corrected chi connectivity index (χ4v) is 1.29. The Morgan fingerprint density at radius 2 is 2.00 bits per heavy atom. The lowest BCUT2D eigenvalue weighted by atomic mass is 10.0. The van der Waals surface area contributed by atoms with Crippen LogP contribution in [0.4, 0.5) is 0 Å². The van der Waals surface area contributed by atoms with Crippen LogP contribution in [0, 0.1) is 11.3 Å². The number of carboxylic acid groups (broad SMARTS) is 1. The van der Waals surface area contributed by atoms with Crippen molar-refractivity contribution in [3.8, 4) is 0 Å². The molecule has 1 aliphatic carbocycles. The van der Waals surface area contributed by atoms with Gasteiger partial charge >= 0.3 is 5.97 Å². The molecule has 0 unspecified atom stereocenters. The Morgan fingerprint density at radius 1 is 1.47 bits per heavy atom. The highest BCUT2D eigenvalue weighted by molar-refractivity contribution is 5.83. The first-order valence-corrected chi connectivity index (χ1v) is 5.16. The number of hydrogen-bond donors (Lipinski definition) is 3. The zero-order valence-electron chi connectivity index (χ0n) is 9.12. The lowest BCUT2D eigenvalue weighted by Gasteiger charge is -2.17. The van der Waals surface area contributed by atoms with Crippen LogP contribution in [-0.4, -0.2) is 29.6 Å². The molecule has 5 nitrogen and oxygen atoms in total. The van der Waals surface area contributed by atoms with Gasteiger partial charge in [-0.3, -0.25) is 9.59 Å². The van der Waals surface area contributed by atoms with Crippen LogP contribution in [0.15, 0.2) is 0 Å². The van der Waals surface area contributed by atoms with E-state index in [-0.39, 0.29) is 18.4 Å². The van der Waals surface area contributed by atoms with E-state index in [1.54, 1.807) is 0 Å². The number of nitrogens with two attached hydrogens (primary N) is 1. The molecule has 0 heterocycles. The van der Waals surface area contributed by atoms with Crippen molar-refractivity contribution in [2.45, 2.75) is 32.7 Å². The first-order valence-electron chi connectivity index (χ1n) is 5.16. The Labute approximate surface area is 89.0 Å². The normalized spacial score (nSPS) is 19.7. The first kappa shape index (κ1) is 12.0. The molecule has 0 aromatic rings. The van der Waals surface area contributed by atoms with Crippen LogP contribution in [0.25, 0.3) is 0 Å². The number of nitrogens with one attached hydrogen (secondary N) is 1. The van der Waals surface area contributed by atoms with E-state index in [2.05, 4.69) is 5.32 Å². The lowest BCUT2D eigenvalue weighted by Crippen LogP contribution is -2.46. The summed E-state index contributed by atoms with van der Waals surface area (Å²) in [5, 5.41) is 11.5. The third kappa shape index (κ3) is 2.68. The summed E-state index contributed by atoms with van der Waals surface area (Å²) in [6.45, 7) is 3.91. The lowest BCUT2D eigenvalue weighted by molar-refractivity contribution is -0.143. The number of hydrogen-bond acceptors (Lipinski definition) is 3. The van der Waals surface area contributed by atoms with Gasteiger partial charge in [0.25, 0.3) is 0 Å². The molecule has 5 heteroatoms. The molecule has 4 N–H and O–H groups in total. The molecule has 0 aromatic carbocycles. The molecule has 0 saturated heterocycles. The SMILES string of the molecule is CC(C)[C@H](N)C(=O)NCC1(C(=O)O)CC1. The summed E-state index contributed by atoms with van der Waals surface area (Å²) in [5.74, 6) is -1.04. The number of carboxylic acids is 1. The van der Waals surface area contributed by atoms with Gasteiger partial charge in [0, 0.05) is 6.54 Å². The van der Waals surface area contributed by atoms with Gasteiger partial charge < -0.3 is 16.2 Å². The second-order valence-electron chi connectivity index (χ2n) is 4.57. The van der Waals surface area contributed by atoms with Crippen molar-refractivity contribution in [2.75, 3.05) is 6.54 Å². The topological polar surface area (TPSA) is 92.4 Å². The maximum absolute atomic E-state index is 11.5. The van der Waals surface area contributed by atoms with Gasteiger partial charge in [0.1, 0.15) is 0 Å². The third-order valence-corrected chi connectivity index (χ3v) is 2.93. The number of carbonyl (C=O) groups excluding carboxylic acids is 1. The molecule has 1 saturated carbocycles. The number of amides is 1. The van der Waals surface area contributed by atoms with Crippen molar-refractivity contribution < 1.29 is 14.7 Å². The van der Waals surface area contributed by atoms with Gasteiger partial charge in [0.2, 0.25) is 5.91 Å². The van der Waals surface area contributed by atoms with Crippen molar-refractivity contribution in [3.63, 3.8) is 0 Å². The Hall–Kier alpha value is -1.10. The molecule has 0 bridgehead atoms. The quantitative estimate of drug-likeness (QED) is 0.598. The number of carbonyl (C=O) groups is 2. The average Bonchev–Trinajstić information content (AvgIpc) is 2.93. The molecule has 0 aromatic heterocycles. The summed E-state index contributed by atoms with van der Waals surface area (Å²) in [7, 11) is 0. The van der Waals surface area contributed by atoms with Gasteiger partial charge in [0.15, 0.2) is 0 Å². The van der Waals surface area contributed by atoms with Crippen LogP contribution in [0.2, 0.25) is 0 Å². The molecule has 1 rings (SSSR count). The van der Waals surface area contributed by atoms with Crippen LogP contribution < -0.4 is 11.1 Å². The van der Waals surface area contributed by atoms with E-state index in [0.29, 0.717) is 12.8 Å². The zero-order chi connectivity index (χ0) is 11.6. The van der Waals surface area contributed by atoms with E-state index in [0.717, 1.165) is 0 Å². The Balaban J connectivity index is 2.38. The fraction of sp³-hybridized carbons (Fsp3) is 0.800. The van der Waals surface area contributed by atoms with Crippen LogP contribution in [-0.2, 0) is 9.59 Å². The summed E-state index contributed by atoms with van der Waals surface area (Å²) in [4.78, 5) is 22.3. The van der Waals surface area contributed by atoms with Crippen LogP contribution in [0.1, 0.15) is 26.7 Å². The molecule has 15 heavy (non-hydrogen) atoms. The molecule has 0 aliphatic heterocycles. The second kappa shape index (κ2) is 4.18. The summed E-state index contributed by atoms with van der Waals surface area (Å²) in [5.41, 5.74) is 4.91. The number of aliphatic carboxylic acids is 1. The predicted molar refractivity (Wildman–Crippen MR) is 55.1 cm³/mol. The molecule has 0 radical (unpaired) electrons. The molecule has 1 atom stereocenters. The monoisotopic (exact) mass is 214 g/mol. The van der Waals surface area contributed by atoms with Gasteiger partial charge in [-0.2, -0.15) is 0 Å². The maximum Gasteiger partial charge on any atom is 0.311 e. The highest BCUT2D eigenvalue weighted by Crippen LogP contribution is 2.45. The van der Waals surface area contributed by atoms with Crippen molar-refractivity contribution >= 4 is 11.9 Å². The second-order valence-corrected chi connectivity index (χ2v) is 4.57. The minimum atomic E-state index is -0.832. The van der Waals surface area contributed by atoms with Crippen LogP contribution in [0.3, 0.4) is 0 Å². The maximum atomic E-state index is 11.5. The van der Waals surface area contributed by atoms with Crippen molar-refractivity contribution in [3.05, 3.63) is 0 Å². The molecule has 1 aliphatic rings. The minimum Gasteiger partial charge on any atom is -0.481 e. The largest absolute Gasteiger partial charge is 0.481 e. The van der Waals surface area contributed by atoms with Crippen LogP contribution in [0.5, 0.6) is 0 Å². The highest BCUT2D eigenvalue weighted by atomic mass is 16.4. The fourth-order valence-electron chi connectivity index (χ4n) is 1.29. The summed E-state index contributed by atoms with van der Waals surface area (Å²) in [6.07, 6.45) is 1.28. The highest BCUT2D eigenvalue weighted by Gasteiger charge is 2.50. The molecule has 1 fully saturated rings. The Morgan fingerprint density at radius 3 is 2.33 bits per heavy atom. The Bertz CT molecular complexity index is 272. The summed E-state index contributed by atoms with van der Waals surface area (Å²) < 4.78 is 0. The predicted octanol–water partition coefficient (Wildman–Crippen LogP) is -0.0493.